The molecule has 1 fully saturated rings. The van der Waals surface area contributed by atoms with Crippen molar-refractivity contribution in [2.75, 3.05) is 39.0 Å². The number of likely N-dealkylation sites (tertiary alicyclic amines) is 1. The summed E-state index contributed by atoms with van der Waals surface area (Å²) in [6.45, 7) is 4.49. The minimum Gasteiger partial charge on any atom is -0.369 e. The molecule has 2 heterocycles. The van der Waals surface area contributed by atoms with Crippen LogP contribution in [-0.2, 0) is 11.2 Å². The summed E-state index contributed by atoms with van der Waals surface area (Å²) in [6.07, 6.45) is 6.24. The lowest BCUT2D eigenvalue weighted by Crippen LogP contribution is -2.33. The first-order valence-corrected chi connectivity index (χ1v) is 8.17. The smallest absolute Gasteiger partial charge is 0.219 e. The molecule has 1 N–H and O–H groups in total. The fraction of sp³-hybridized carbons (Fsp3) is 0.647. The van der Waals surface area contributed by atoms with E-state index in [2.05, 4.69) is 35.4 Å². The van der Waals surface area contributed by atoms with Crippen LogP contribution in [0, 0.1) is 0 Å². The van der Waals surface area contributed by atoms with Gasteiger partial charge in [-0.05, 0) is 51.4 Å². The van der Waals surface area contributed by atoms with Crippen LogP contribution in [0.15, 0.2) is 18.3 Å². The predicted molar refractivity (Wildman–Crippen MR) is 90.0 cm³/mol. The zero-order valence-corrected chi connectivity index (χ0v) is 14.0. The molecule has 0 aliphatic carbocycles. The highest BCUT2D eigenvalue weighted by molar-refractivity contribution is 5.73. The van der Waals surface area contributed by atoms with Crippen molar-refractivity contribution in [3.05, 3.63) is 23.9 Å². The molecule has 1 amide bonds. The summed E-state index contributed by atoms with van der Waals surface area (Å²) in [5, 5.41) is 3.32. The number of nitrogens with one attached hydrogen (secondary N) is 1. The lowest BCUT2D eigenvalue weighted by Gasteiger charge is -2.23. The first kappa shape index (κ1) is 16.7. The minimum atomic E-state index is 0.209. The van der Waals surface area contributed by atoms with Crippen molar-refractivity contribution in [2.45, 2.75) is 38.6 Å². The third-order valence-corrected chi connectivity index (χ3v) is 4.24. The maximum atomic E-state index is 11.6. The van der Waals surface area contributed by atoms with Crippen molar-refractivity contribution < 1.29 is 4.79 Å². The van der Waals surface area contributed by atoms with E-state index in [0.29, 0.717) is 6.04 Å². The van der Waals surface area contributed by atoms with Crippen LogP contribution in [0.25, 0.3) is 0 Å². The van der Waals surface area contributed by atoms with Crippen molar-refractivity contribution >= 4 is 11.7 Å². The maximum absolute atomic E-state index is 11.6. The first-order valence-electron chi connectivity index (χ1n) is 8.17. The fourth-order valence-corrected chi connectivity index (χ4v) is 2.97. The van der Waals surface area contributed by atoms with Gasteiger partial charge in [-0.3, -0.25) is 4.79 Å². The van der Waals surface area contributed by atoms with Gasteiger partial charge < -0.3 is 15.1 Å². The van der Waals surface area contributed by atoms with Crippen molar-refractivity contribution in [2.24, 2.45) is 0 Å². The molecule has 122 valence electrons. The van der Waals surface area contributed by atoms with E-state index in [4.69, 9.17) is 0 Å². The summed E-state index contributed by atoms with van der Waals surface area (Å²) in [7, 11) is 4.12. The van der Waals surface area contributed by atoms with Crippen molar-refractivity contribution in [3.8, 4) is 0 Å². The molecule has 1 aromatic heterocycles. The summed E-state index contributed by atoms with van der Waals surface area (Å²) in [4.78, 5) is 20.2. The topological polar surface area (TPSA) is 48.5 Å². The van der Waals surface area contributed by atoms with E-state index in [0.717, 1.165) is 51.1 Å². The number of aryl methyl sites for hydroxylation is 1. The van der Waals surface area contributed by atoms with E-state index in [1.807, 2.05) is 17.2 Å². The van der Waals surface area contributed by atoms with Crippen molar-refractivity contribution in [3.63, 3.8) is 0 Å². The van der Waals surface area contributed by atoms with Crippen LogP contribution in [0.4, 0.5) is 5.82 Å². The molecule has 1 aromatic rings. The molecular formula is C17H28N4O. The number of rotatable bonds is 7. The van der Waals surface area contributed by atoms with E-state index in [9.17, 15) is 4.79 Å². The third kappa shape index (κ3) is 4.98. The Balaban J connectivity index is 1.77. The van der Waals surface area contributed by atoms with Gasteiger partial charge in [0.1, 0.15) is 5.82 Å². The second kappa shape index (κ2) is 8.13. The molecule has 2 rings (SSSR count). The molecule has 1 saturated heterocycles. The number of carbonyl (C=O) groups excluding carboxylic acids is 1. The lowest BCUT2D eigenvalue weighted by molar-refractivity contribution is -0.129. The van der Waals surface area contributed by atoms with Crippen LogP contribution in [0.1, 0.15) is 31.7 Å². The predicted octanol–water partition coefficient (Wildman–Crippen LogP) is 2.00. The van der Waals surface area contributed by atoms with Gasteiger partial charge in [0.15, 0.2) is 0 Å². The molecule has 1 aliphatic rings. The Labute approximate surface area is 133 Å². The average Bonchev–Trinajstić information content (AvgIpc) is 2.95. The normalized spacial score (nSPS) is 18.0. The van der Waals surface area contributed by atoms with E-state index < -0.39 is 0 Å². The summed E-state index contributed by atoms with van der Waals surface area (Å²) < 4.78 is 0. The molecule has 1 aliphatic heterocycles. The molecule has 0 spiro atoms. The second-order valence-electron chi connectivity index (χ2n) is 6.33. The monoisotopic (exact) mass is 304 g/mol. The van der Waals surface area contributed by atoms with E-state index in [1.165, 1.54) is 5.56 Å². The van der Waals surface area contributed by atoms with Crippen LogP contribution >= 0.6 is 0 Å². The quantitative estimate of drug-likeness (QED) is 0.837. The highest BCUT2D eigenvalue weighted by Crippen LogP contribution is 2.21. The molecule has 1 unspecified atom stereocenters. The number of hydrogen-bond acceptors (Lipinski definition) is 4. The Morgan fingerprint density at radius 1 is 1.45 bits per heavy atom. The zero-order valence-electron chi connectivity index (χ0n) is 14.0. The molecule has 5 heteroatoms. The SMILES string of the molecule is CC(=O)N1CCCC1CCc1ccc(NCCN(C)C)nc1. The first-order chi connectivity index (χ1) is 10.6. The maximum Gasteiger partial charge on any atom is 0.219 e. The van der Waals surface area contributed by atoms with E-state index >= 15 is 0 Å². The van der Waals surface area contributed by atoms with Gasteiger partial charge >= 0.3 is 0 Å². The molecule has 1 atom stereocenters. The molecule has 5 nitrogen and oxygen atoms in total. The Bertz CT molecular complexity index is 472. The second-order valence-corrected chi connectivity index (χ2v) is 6.33. The van der Waals surface area contributed by atoms with Gasteiger partial charge in [0.05, 0.1) is 0 Å². The van der Waals surface area contributed by atoms with Crippen LogP contribution < -0.4 is 5.32 Å². The molecular weight excluding hydrogens is 276 g/mol. The lowest BCUT2D eigenvalue weighted by atomic mass is 10.0. The zero-order chi connectivity index (χ0) is 15.9. The number of likely N-dealkylation sites (N-methyl/N-ethyl adjacent to an activating group) is 1. The Morgan fingerprint density at radius 3 is 2.91 bits per heavy atom. The number of amides is 1. The summed E-state index contributed by atoms with van der Waals surface area (Å²) >= 11 is 0. The summed E-state index contributed by atoms with van der Waals surface area (Å²) in [5.41, 5.74) is 1.24. The largest absolute Gasteiger partial charge is 0.369 e. The van der Waals surface area contributed by atoms with Crippen LogP contribution in [0.2, 0.25) is 0 Å². The highest BCUT2D eigenvalue weighted by Gasteiger charge is 2.25. The van der Waals surface area contributed by atoms with Crippen molar-refractivity contribution in [1.82, 2.24) is 14.8 Å². The Morgan fingerprint density at radius 2 is 2.27 bits per heavy atom. The minimum absolute atomic E-state index is 0.209. The van der Waals surface area contributed by atoms with Gasteiger partial charge in [0, 0.05) is 38.8 Å². The van der Waals surface area contributed by atoms with Crippen LogP contribution in [0.5, 0.6) is 0 Å². The van der Waals surface area contributed by atoms with Crippen molar-refractivity contribution in [1.29, 1.82) is 0 Å². The number of carbonyl (C=O) groups is 1. The van der Waals surface area contributed by atoms with E-state index in [1.54, 1.807) is 6.92 Å². The highest BCUT2D eigenvalue weighted by atomic mass is 16.2. The number of pyridine rings is 1. The standard InChI is InChI=1S/C17H28N4O/c1-14(22)21-11-4-5-16(21)8-6-15-7-9-17(19-13-15)18-10-12-20(2)3/h7,9,13,16H,4-6,8,10-12H2,1-3H3,(H,18,19). The van der Waals surface area contributed by atoms with Gasteiger partial charge in [-0.2, -0.15) is 0 Å². The van der Waals surface area contributed by atoms with Gasteiger partial charge in [0.25, 0.3) is 0 Å². The molecule has 0 bridgehead atoms. The number of nitrogens with zero attached hydrogens (tertiary/aromatic N) is 3. The number of hydrogen-bond donors (Lipinski definition) is 1. The molecule has 0 aromatic carbocycles. The Hall–Kier alpha value is -1.62. The van der Waals surface area contributed by atoms with Gasteiger partial charge in [-0.25, -0.2) is 4.98 Å². The number of anilines is 1. The Kier molecular flexibility index (Phi) is 6.19. The average molecular weight is 304 g/mol. The van der Waals surface area contributed by atoms with Gasteiger partial charge in [-0.15, -0.1) is 0 Å². The molecule has 0 radical (unpaired) electrons. The fourth-order valence-electron chi connectivity index (χ4n) is 2.97. The summed E-state index contributed by atoms with van der Waals surface area (Å²) in [5.74, 6) is 1.14. The van der Waals surface area contributed by atoms with E-state index in [-0.39, 0.29) is 5.91 Å². The van der Waals surface area contributed by atoms with Crippen LogP contribution in [0.3, 0.4) is 0 Å². The van der Waals surface area contributed by atoms with Gasteiger partial charge in [0.2, 0.25) is 5.91 Å². The molecule has 22 heavy (non-hydrogen) atoms. The molecule has 0 saturated carbocycles. The van der Waals surface area contributed by atoms with Gasteiger partial charge in [-0.1, -0.05) is 6.07 Å². The van der Waals surface area contributed by atoms with Crippen LogP contribution in [-0.4, -0.2) is 60.5 Å². The number of aromatic nitrogens is 1. The summed E-state index contributed by atoms with van der Waals surface area (Å²) in [6, 6.07) is 4.59. The third-order valence-electron chi connectivity index (χ3n) is 4.24.